The molecule has 30 heavy (non-hydrogen) atoms. The zero-order valence-corrected chi connectivity index (χ0v) is 17.6. The van der Waals surface area contributed by atoms with E-state index in [4.69, 9.17) is 25.8 Å². The number of aliphatic hydroxyl groups excluding tert-OH is 1. The number of hydrogen-bond acceptors (Lipinski definition) is 5. The van der Waals surface area contributed by atoms with Gasteiger partial charge in [-0.25, -0.2) is 0 Å². The molecule has 0 spiro atoms. The molecule has 160 valence electrons. The maximum absolute atomic E-state index is 12.0. The number of ether oxygens (including phenoxy) is 3. The van der Waals surface area contributed by atoms with Crippen molar-refractivity contribution in [2.45, 2.75) is 50.4 Å². The summed E-state index contributed by atoms with van der Waals surface area (Å²) in [5.41, 5.74) is 3.00. The van der Waals surface area contributed by atoms with E-state index < -0.39 is 6.10 Å². The van der Waals surface area contributed by atoms with Crippen molar-refractivity contribution in [1.29, 1.82) is 0 Å². The van der Waals surface area contributed by atoms with Crippen LogP contribution >= 0.6 is 11.6 Å². The summed E-state index contributed by atoms with van der Waals surface area (Å²) in [6.07, 6.45) is 3.28. The summed E-state index contributed by atoms with van der Waals surface area (Å²) >= 11 is 6.43. The Balaban J connectivity index is 1.37. The predicted octanol–water partition coefficient (Wildman–Crippen LogP) is 4.27. The van der Waals surface area contributed by atoms with E-state index in [1.807, 2.05) is 42.5 Å². The van der Waals surface area contributed by atoms with Gasteiger partial charge in [-0.3, -0.25) is 4.79 Å². The van der Waals surface area contributed by atoms with Gasteiger partial charge < -0.3 is 19.3 Å². The number of ketones is 1. The lowest BCUT2D eigenvalue weighted by Crippen LogP contribution is -2.30. The number of aliphatic hydroxyl groups is 1. The standard InChI is InChI=1S/C24H27ClO5/c25-23-8-3-17(24-14-19(27)13-22(15-26)30-24)12-18(23)11-16-1-4-20(5-2-16)28-9-10-29-21-6-7-21/h1-5,8,12,21-22,24,26H,6-7,9-11,13-15H2/t22?,24-/m1/s1. The number of halogens is 1. The first-order valence-corrected chi connectivity index (χ1v) is 10.9. The van der Waals surface area contributed by atoms with Crippen molar-refractivity contribution in [2.24, 2.45) is 0 Å². The van der Waals surface area contributed by atoms with Crippen LogP contribution in [0.4, 0.5) is 0 Å². The second-order valence-corrected chi connectivity index (χ2v) is 8.37. The highest BCUT2D eigenvalue weighted by Gasteiger charge is 2.28. The summed E-state index contributed by atoms with van der Waals surface area (Å²) in [5.74, 6) is 0.932. The first-order chi connectivity index (χ1) is 14.6. The summed E-state index contributed by atoms with van der Waals surface area (Å²) < 4.78 is 17.2. The zero-order chi connectivity index (χ0) is 20.9. The number of rotatable bonds is 9. The van der Waals surface area contributed by atoms with E-state index >= 15 is 0 Å². The number of benzene rings is 2. The third-order valence-electron chi connectivity index (χ3n) is 5.42. The predicted molar refractivity (Wildman–Crippen MR) is 114 cm³/mol. The van der Waals surface area contributed by atoms with Crippen LogP contribution < -0.4 is 4.74 Å². The van der Waals surface area contributed by atoms with Crippen molar-refractivity contribution in [2.75, 3.05) is 19.8 Å². The molecule has 0 amide bonds. The molecule has 1 unspecified atom stereocenters. The number of carbonyl (C=O) groups is 1. The molecule has 4 rings (SSSR count). The minimum Gasteiger partial charge on any atom is -0.491 e. The molecular weight excluding hydrogens is 404 g/mol. The van der Waals surface area contributed by atoms with Crippen LogP contribution in [0.2, 0.25) is 5.02 Å². The van der Waals surface area contributed by atoms with Crippen LogP contribution in [-0.2, 0) is 20.7 Å². The van der Waals surface area contributed by atoms with Crippen molar-refractivity contribution in [3.05, 3.63) is 64.2 Å². The van der Waals surface area contributed by atoms with Gasteiger partial charge in [-0.15, -0.1) is 0 Å². The van der Waals surface area contributed by atoms with Crippen LogP contribution in [0.5, 0.6) is 5.75 Å². The Morgan fingerprint density at radius 2 is 1.87 bits per heavy atom. The summed E-state index contributed by atoms with van der Waals surface area (Å²) in [5, 5.41) is 10.0. The Morgan fingerprint density at radius 1 is 1.07 bits per heavy atom. The van der Waals surface area contributed by atoms with Gasteiger partial charge in [0, 0.05) is 17.9 Å². The summed E-state index contributed by atoms with van der Waals surface area (Å²) in [6, 6.07) is 13.7. The molecule has 1 saturated heterocycles. The lowest BCUT2D eigenvalue weighted by molar-refractivity contribution is -0.139. The Morgan fingerprint density at radius 3 is 2.60 bits per heavy atom. The SMILES string of the molecule is O=C1CC(CO)O[C@@H](c2ccc(Cl)c(Cc3ccc(OCCOC4CC4)cc3)c2)C1. The molecule has 2 aliphatic rings. The molecule has 6 heteroatoms. The normalized spacial score (nSPS) is 21.6. The van der Waals surface area contributed by atoms with E-state index in [-0.39, 0.29) is 24.9 Å². The van der Waals surface area contributed by atoms with Gasteiger partial charge in [0.15, 0.2) is 0 Å². The van der Waals surface area contributed by atoms with Crippen LogP contribution in [0.3, 0.4) is 0 Å². The van der Waals surface area contributed by atoms with Crippen LogP contribution in [-0.4, -0.2) is 42.9 Å². The summed E-state index contributed by atoms with van der Waals surface area (Å²) in [4.78, 5) is 12.0. The molecule has 5 nitrogen and oxygen atoms in total. The van der Waals surface area contributed by atoms with E-state index in [2.05, 4.69) is 0 Å². The van der Waals surface area contributed by atoms with Gasteiger partial charge in [0.25, 0.3) is 0 Å². The first-order valence-electron chi connectivity index (χ1n) is 10.5. The lowest BCUT2D eigenvalue weighted by Gasteiger charge is -2.28. The molecule has 1 aliphatic heterocycles. The molecular formula is C24H27ClO5. The maximum Gasteiger partial charge on any atom is 0.138 e. The highest BCUT2D eigenvalue weighted by atomic mass is 35.5. The molecule has 1 N–H and O–H groups in total. The molecule has 1 aliphatic carbocycles. The highest BCUT2D eigenvalue weighted by Crippen LogP contribution is 2.32. The fourth-order valence-electron chi connectivity index (χ4n) is 3.64. The van der Waals surface area contributed by atoms with Crippen LogP contribution in [0.25, 0.3) is 0 Å². The number of hydrogen-bond donors (Lipinski definition) is 1. The molecule has 0 bridgehead atoms. The van der Waals surface area contributed by atoms with Gasteiger partial charge in [0.05, 0.1) is 31.5 Å². The second kappa shape index (κ2) is 9.92. The average Bonchev–Trinajstić information content (AvgIpc) is 3.58. The number of Topliss-reactive ketones (excluding diaryl/α,β-unsaturated/α-hetero) is 1. The lowest BCUT2D eigenvalue weighted by atomic mass is 9.95. The van der Waals surface area contributed by atoms with Crippen LogP contribution in [0.15, 0.2) is 42.5 Å². The van der Waals surface area contributed by atoms with Gasteiger partial charge in [-0.05, 0) is 54.2 Å². The molecule has 2 aromatic carbocycles. The molecule has 2 aromatic rings. The highest BCUT2D eigenvalue weighted by molar-refractivity contribution is 6.31. The summed E-state index contributed by atoms with van der Waals surface area (Å²) in [6.45, 7) is 1.03. The topological polar surface area (TPSA) is 65.0 Å². The van der Waals surface area contributed by atoms with Crippen LogP contribution in [0.1, 0.15) is 48.5 Å². The van der Waals surface area contributed by atoms with E-state index in [9.17, 15) is 9.90 Å². The van der Waals surface area contributed by atoms with E-state index in [0.29, 0.717) is 37.2 Å². The average molecular weight is 431 g/mol. The van der Waals surface area contributed by atoms with Gasteiger partial charge in [-0.1, -0.05) is 35.9 Å². The van der Waals surface area contributed by atoms with Crippen molar-refractivity contribution in [3.63, 3.8) is 0 Å². The first kappa shape index (κ1) is 21.3. The van der Waals surface area contributed by atoms with Crippen LogP contribution in [0, 0.1) is 0 Å². The fraction of sp³-hybridized carbons (Fsp3) is 0.458. The smallest absolute Gasteiger partial charge is 0.138 e. The van der Waals surface area contributed by atoms with E-state index in [1.54, 1.807) is 0 Å². The van der Waals surface area contributed by atoms with E-state index in [0.717, 1.165) is 22.4 Å². The Kier molecular flexibility index (Phi) is 7.05. The van der Waals surface area contributed by atoms with Crippen molar-refractivity contribution < 1.29 is 24.1 Å². The molecule has 1 saturated carbocycles. The molecule has 0 aromatic heterocycles. The molecule has 2 fully saturated rings. The van der Waals surface area contributed by atoms with Gasteiger partial charge in [-0.2, -0.15) is 0 Å². The van der Waals surface area contributed by atoms with Crippen molar-refractivity contribution >= 4 is 17.4 Å². The van der Waals surface area contributed by atoms with Gasteiger partial charge in [0.2, 0.25) is 0 Å². The quantitative estimate of drug-likeness (QED) is 0.602. The molecule has 1 heterocycles. The van der Waals surface area contributed by atoms with Gasteiger partial charge in [0.1, 0.15) is 18.1 Å². The fourth-order valence-corrected chi connectivity index (χ4v) is 3.82. The Labute approximate surface area is 181 Å². The monoisotopic (exact) mass is 430 g/mol. The maximum atomic E-state index is 12.0. The zero-order valence-electron chi connectivity index (χ0n) is 16.9. The molecule has 0 radical (unpaired) electrons. The Bertz CT molecular complexity index is 862. The van der Waals surface area contributed by atoms with Crippen molar-refractivity contribution in [3.8, 4) is 5.75 Å². The second-order valence-electron chi connectivity index (χ2n) is 7.97. The Hall–Kier alpha value is -1.92. The largest absolute Gasteiger partial charge is 0.491 e. The molecule has 2 atom stereocenters. The minimum atomic E-state index is -0.433. The summed E-state index contributed by atoms with van der Waals surface area (Å²) in [7, 11) is 0. The van der Waals surface area contributed by atoms with Gasteiger partial charge >= 0.3 is 0 Å². The minimum absolute atomic E-state index is 0.111. The van der Waals surface area contributed by atoms with E-state index in [1.165, 1.54) is 12.8 Å². The number of carbonyl (C=O) groups excluding carboxylic acids is 1. The third-order valence-corrected chi connectivity index (χ3v) is 5.79. The third kappa shape index (κ3) is 5.82. The van der Waals surface area contributed by atoms with Crippen molar-refractivity contribution in [1.82, 2.24) is 0 Å².